The topological polar surface area (TPSA) is 49.4 Å². The Bertz CT molecular complexity index is 348. The summed E-state index contributed by atoms with van der Waals surface area (Å²) in [5.74, 6) is -1.05. The molecule has 25 heavy (non-hydrogen) atoms. The van der Waals surface area contributed by atoms with E-state index in [1.54, 1.807) is 6.26 Å². The van der Waals surface area contributed by atoms with Crippen molar-refractivity contribution in [3.8, 4) is 0 Å². The summed E-state index contributed by atoms with van der Waals surface area (Å²) >= 11 is 0. The van der Waals surface area contributed by atoms with Crippen molar-refractivity contribution in [2.45, 2.75) is 90.1 Å². The summed E-state index contributed by atoms with van der Waals surface area (Å²) in [6, 6.07) is 0. The molecular formula is C21H41NO3. The van der Waals surface area contributed by atoms with Crippen LogP contribution < -0.4 is 5.11 Å². The molecule has 0 rings (SSSR count). The summed E-state index contributed by atoms with van der Waals surface area (Å²) in [5, 5.41) is 10.8. The van der Waals surface area contributed by atoms with Crippen molar-refractivity contribution < 1.29 is 19.1 Å². The lowest BCUT2D eigenvalue weighted by Gasteiger charge is -2.28. The molecule has 0 amide bonds. The van der Waals surface area contributed by atoms with Crippen molar-refractivity contribution >= 4 is 5.97 Å². The smallest absolute Gasteiger partial charge is 0.152 e. The Morgan fingerprint density at radius 2 is 1.48 bits per heavy atom. The minimum atomic E-state index is -1.05. The Labute approximate surface area is 155 Å². The predicted octanol–water partition coefficient (Wildman–Crippen LogP) is 4.04. The largest absolute Gasteiger partial charge is 0.550 e. The summed E-state index contributed by atoms with van der Waals surface area (Å²) in [6.07, 6.45) is 17.7. The molecule has 1 unspecified atom stereocenters. The number of carboxylic acid groups (broad SMARTS) is 1. The molecule has 0 bridgehead atoms. The first kappa shape index (κ1) is 24.0. The van der Waals surface area contributed by atoms with Crippen LogP contribution in [0.15, 0.2) is 12.3 Å². The molecule has 1 atom stereocenters. The average Bonchev–Trinajstić information content (AvgIpc) is 2.49. The highest BCUT2D eigenvalue weighted by molar-refractivity contribution is 5.64. The van der Waals surface area contributed by atoms with E-state index >= 15 is 0 Å². The predicted molar refractivity (Wildman–Crippen MR) is 103 cm³/mol. The second-order valence-electron chi connectivity index (χ2n) is 8.15. The number of carbonyl (C=O) groups excluding carboxylic acids is 1. The van der Waals surface area contributed by atoms with E-state index in [9.17, 15) is 9.90 Å². The lowest BCUT2D eigenvalue weighted by molar-refractivity contribution is -0.873. The zero-order valence-electron chi connectivity index (χ0n) is 17.1. The maximum absolute atomic E-state index is 10.8. The van der Waals surface area contributed by atoms with Gasteiger partial charge < -0.3 is 19.1 Å². The average molecular weight is 356 g/mol. The van der Waals surface area contributed by atoms with Crippen molar-refractivity contribution in [2.24, 2.45) is 0 Å². The van der Waals surface area contributed by atoms with Crippen LogP contribution in [0.4, 0.5) is 0 Å². The van der Waals surface area contributed by atoms with Crippen LogP contribution in [-0.2, 0) is 9.53 Å². The molecular weight excluding hydrogens is 314 g/mol. The summed E-state index contributed by atoms with van der Waals surface area (Å²) < 4.78 is 6.27. The number of hydrogen-bond acceptors (Lipinski definition) is 3. The molecule has 0 aromatic rings. The highest BCUT2D eigenvalue weighted by Crippen LogP contribution is 2.11. The first-order valence-electron chi connectivity index (χ1n) is 10.2. The number of rotatable bonds is 17. The number of ether oxygens (including phenoxy) is 1. The maximum Gasteiger partial charge on any atom is 0.152 e. The highest BCUT2D eigenvalue weighted by Gasteiger charge is 2.18. The van der Waals surface area contributed by atoms with E-state index in [2.05, 4.69) is 6.92 Å². The molecule has 0 N–H and O–H groups in total. The van der Waals surface area contributed by atoms with Crippen LogP contribution in [0.25, 0.3) is 0 Å². The van der Waals surface area contributed by atoms with Gasteiger partial charge in [-0.15, -0.1) is 0 Å². The fraction of sp³-hybridized carbons (Fsp3) is 0.857. The van der Waals surface area contributed by atoms with E-state index in [-0.39, 0.29) is 12.5 Å². The molecule has 0 aromatic carbocycles. The van der Waals surface area contributed by atoms with Gasteiger partial charge in [0.25, 0.3) is 0 Å². The van der Waals surface area contributed by atoms with E-state index in [0.29, 0.717) is 11.0 Å². The molecule has 0 spiro atoms. The Hall–Kier alpha value is -1.03. The lowest BCUT2D eigenvalue weighted by atomic mass is 10.1. The molecule has 0 saturated heterocycles. The molecule has 4 nitrogen and oxygen atoms in total. The Balaban J connectivity index is 3.63. The number of hydrogen-bond donors (Lipinski definition) is 0. The number of aliphatic carboxylic acids is 1. The van der Waals surface area contributed by atoms with Gasteiger partial charge in [0.05, 0.1) is 27.4 Å². The number of carbonyl (C=O) groups is 1. The fourth-order valence-electron chi connectivity index (χ4n) is 2.94. The third-order valence-corrected chi connectivity index (χ3v) is 4.24. The third-order valence-electron chi connectivity index (χ3n) is 4.24. The Morgan fingerprint density at radius 1 is 0.960 bits per heavy atom. The lowest BCUT2D eigenvalue weighted by Crippen LogP contribution is -2.44. The molecule has 0 fully saturated rings. The number of carboxylic acids is 1. The second-order valence-corrected chi connectivity index (χ2v) is 8.15. The molecule has 0 radical (unpaired) electrons. The van der Waals surface area contributed by atoms with Gasteiger partial charge in [-0.25, -0.2) is 0 Å². The van der Waals surface area contributed by atoms with E-state index in [0.717, 1.165) is 6.42 Å². The summed E-state index contributed by atoms with van der Waals surface area (Å²) in [4.78, 5) is 10.8. The number of nitrogens with zero attached hydrogens (tertiary/aromatic N) is 1. The van der Waals surface area contributed by atoms with E-state index in [1.807, 2.05) is 27.2 Å². The van der Waals surface area contributed by atoms with Gasteiger partial charge in [-0.05, 0) is 18.9 Å². The van der Waals surface area contributed by atoms with Gasteiger partial charge in [0.15, 0.2) is 6.10 Å². The van der Waals surface area contributed by atoms with Crippen molar-refractivity contribution in [3.05, 3.63) is 12.3 Å². The molecule has 4 heteroatoms. The number of quaternary nitrogens is 1. The maximum atomic E-state index is 10.8. The van der Waals surface area contributed by atoms with Crippen LogP contribution in [0.1, 0.15) is 84.0 Å². The first-order chi connectivity index (χ1) is 11.8. The molecule has 0 aliphatic heterocycles. The van der Waals surface area contributed by atoms with Gasteiger partial charge in [0.1, 0.15) is 6.54 Å². The normalized spacial score (nSPS) is 13.3. The van der Waals surface area contributed by atoms with Crippen LogP contribution in [0.5, 0.6) is 0 Å². The van der Waals surface area contributed by atoms with Gasteiger partial charge in [0.2, 0.25) is 0 Å². The van der Waals surface area contributed by atoms with E-state index in [1.165, 1.54) is 64.2 Å². The van der Waals surface area contributed by atoms with Gasteiger partial charge in [-0.1, -0.05) is 64.7 Å². The SMILES string of the molecule is CCCCCCCCCCCCC=COC(CC(=O)[O-])C[N+](C)(C)C. The van der Waals surface area contributed by atoms with E-state index in [4.69, 9.17) is 4.74 Å². The van der Waals surface area contributed by atoms with Gasteiger partial charge >= 0.3 is 0 Å². The van der Waals surface area contributed by atoms with Crippen LogP contribution in [0, 0.1) is 0 Å². The standard InChI is InChI=1S/C21H41NO3/c1-5-6-7-8-9-10-11-12-13-14-15-16-17-25-20(18-21(23)24)19-22(2,3)4/h16-17,20H,5-15,18-19H2,1-4H3. The zero-order chi connectivity index (χ0) is 19.0. The number of likely N-dealkylation sites (N-methyl/N-ethyl adjacent to an activating group) is 1. The summed E-state index contributed by atoms with van der Waals surface area (Å²) in [5.41, 5.74) is 0. The van der Waals surface area contributed by atoms with Crippen molar-refractivity contribution in [2.75, 3.05) is 27.7 Å². The number of unbranched alkanes of at least 4 members (excludes halogenated alkanes) is 10. The Kier molecular flexibility index (Phi) is 14.6. The first-order valence-corrected chi connectivity index (χ1v) is 10.2. The van der Waals surface area contributed by atoms with Gasteiger partial charge in [0, 0.05) is 12.4 Å². The van der Waals surface area contributed by atoms with Crippen LogP contribution >= 0.6 is 0 Å². The molecule has 0 saturated carbocycles. The summed E-state index contributed by atoms with van der Waals surface area (Å²) in [7, 11) is 6.08. The number of allylic oxidation sites excluding steroid dienone is 1. The summed E-state index contributed by atoms with van der Waals surface area (Å²) in [6.45, 7) is 2.91. The molecule has 0 aromatic heterocycles. The minimum absolute atomic E-state index is 0.0574. The van der Waals surface area contributed by atoms with Gasteiger partial charge in [-0.3, -0.25) is 0 Å². The van der Waals surface area contributed by atoms with Crippen LogP contribution in [-0.4, -0.2) is 44.2 Å². The van der Waals surface area contributed by atoms with Gasteiger partial charge in [-0.2, -0.15) is 0 Å². The van der Waals surface area contributed by atoms with E-state index < -0.39 is 5.97 Å². The second kappa shape index (κ2) is 15.2. The fourth-order valence-corrected chi connectivity index (χ4v) is 2.94. The monoisotopic (exact) mass is 355 g/mol. The molecule has 0 aliphatic carbocycles. The Morgan fingerprint density at radius 3 is 1.96 bits per heavy atom. The van der Waals surface area contributed by atoms with Crippen LogP contribution in [0.2, 0.25) is 0 Å². The third kappa shape index (κ3) is 19.1. The van der Waals surface area contributed by atoms with Crippen molar-refractivity contribution in [1.29, 1.82) is 0 Å². The van der Waals surface area contributed by atoms with Crippen molar-refractivity contribution in [1.82, 2.24) is 0 Å². The highest BCUT2D eigenvalue weighted by atomic mass is 16.5. The molecule has 0 aliphatic rings. The molecule has 148 valence electrons. The zero-order valence-corrected chi connectivity index (χ0v) is 17.1. The van der Waals surface area contributed by atoms with Crippen molar-refractivity contribution in [3.63, 3.8) is 0 Å². The minimum Gasteiger partial charge on any atom is -0.550 e. The quantitative estimate of drug-likeness (QED) is 0.225. The van der Waals surface area contributed by atoms with Crippen LogP contribution in [0.3, 0.4) is 0 Å². The molecule has 0 heterocycles.